The molecule has 1 unspecified atom stereocenters. The Balaban J connectivity index is 2.69. The van der Waals surface area contributed by atoms with E-state index in [9.17, 15) is 9.18 Å². The molecule has 1 rings (SSSR count). The number of ketones is 1. The predicted molar refractivity (Wildman–Crippen MR) is 63.7 cm³/mol. The third-order valence-corrected chi connectivity index (χ3v) is 2.63. The normalized spacial score (nSPS) is 12.4. The van der Waals surface area contributed by atoms with E-state index in [4.69, 9.17) is 11.6 Å². The second-order valence-corrected chi connectivity index (χ2v) is 4.04. The fraction of sp³-hybridized carbons (Fsp3) is 0.417. The fourth-order valence-electron chi connectivity index (χ4n) is 1.50. The van der Waals surface area contributed by atoms with Crippen LogP contribution < -0.4 is 5.32 Å². The minimum atomic E-state index is -0.425. The number of nitrogens with one attached hydrogen (secondary N) is 1. The van der Waals surface area contributed by atoms with Crippen LogP contribution in [0.2, 0.25) is 5.02 Å². The highest BCUT2D eigenvalue weighted by atomic mass is 35.5. The van der Waals surface area contributed by atoms with E-state index < -0.39 is 6.67 Å². The van der Waals surface area contributed by atoms with E-state index in [1.165, 1.54) is 6.92 Å². The number of benzene rings is 1. The molecule has 1 aromatic carbocycles. The standard InChI is InChI=1S/C12H15ClFNO/c1-9(16)12(8-15-7-6-14)10-2-4-11(13)5-3-10/h2-5,12,15H,6-8H2,1H3. The Morgan fingerprint density at radius 2 is 2.06 bits per heavy atom. The van der Waals surface area contributed by atoms with Gasteiger partial charge < -0.3 is 5.32 Å². The van der Waals surface area contributed by atoms with Gasteiger partial charge in [-0.25, -0.2) is 4.39 Å². The maximum atomic E-state index is 11.9. The summed E-state index contributed by atoms with van der Waals surface area (Å²) in [5, 5.41) is 3.54. The van der Waals surface area contributed by atoms with Crippen molar-refractivity contribution >= 4 is 17.4 Å². The van der Waals surface area contributed by atoms with Crippen molar-refractivity contribution < 1.29 is 9.18 Å². The Morgan fingerprint density at radius 1 is 1.44 bits per heavy atom. The fourth-order valence-corrected chi connectivity index (χ4v) is 1.63. The van der Waals surface area contributed by atoms with Crippen LogP contribution in [0.1, 0.15) is 18.4 Å². The molecule has 0 amide bonds. The molecule has 88 valence electrons. The quantitative estimate of drug-likeness (QED) is 0.778. The topological polar surface area (TPSA) is 29.1 Å². The summed E-state index contributed by atoms with van der Waals surface area (Å²) < 4.78 is 11.9. The van der Waals surface area contributed by atoms with E-state index in [2.05, 4.69) is 5.32 Å². The molecule has 1 aromatic rings. The number of Topliss-reactive ketones (excluding diaryl/α,β-unsaturated/α-hetero) is 1. The lowest BCUT2D eigenvalue weighted by molar-refractivity contribution is -0.118. The van der Waals surface area contributed by atoms with Crippen LogP contribution in [0.4, 0.5) is 4.39 Å². The summed E-state index contributed by atoms with van der Waals surface area (Å²) in [6.07, 6.45) is 0. The molecular weight excluding hydrogens is 229 g/mol. The number of halogens is 2. The third kappa shape index (κ3) is 3.91. The number of alkyl halides is 1. The third-order valence-electron chi connectivity index (χ3n) is 2.38. The van der Waals surface area contributed by atoms with Crippen molar-refractivity contribution in [1.29, 1.82) is 0 Å². The van der Waals surface area contributed by atoms with Crippen molar-refractivity contribution in [1.82, 2.24) is 5.32 Å². The zero-order valence-corrected chi connectivity index (χ0v) is 9.93. The molecule has 1 N–H and O–H groups in total. The summed E-state index contributed by atoms with van der Waals surface area (Å²) in [6.45, 7) is 1.85. The molecule has 0 saturated heterocycles. The van der Waals surface area contributed by atoms with Gasteiger partial charge in [-0.3, -0.25) is 4.79 Å². The minimum absolute atomic E-state index is 0.0636. The van der Waals surface area contributed by atoms with E-state index >= 15 is 0 Å². The van der Waals surface area contributed by atoms with Gasteiger partial charge in [0.05, 0.1) is 5.92 Å². The first kappa shape index (κ1) is 13.1. The monoisotopic (exact) mass is 243 g/mol. The van der Waals surface area contributed by atoms with Gasteiger partial charge in [0.2, 0.25) is 0 Å². The SMILES string of the molecule is CC(=O)C(CNCCF)c1ccc(Cl)cc1. The Bertz CT molecular complexity index is 339. The van der Waals surface area contributed by atoms with Gasteiger partial charge in [-0.05, 0) is 24.6 Å². The number of carbonyl (C=O) groups excluding carboxylic acids is 1. The predicted octanol–water partition coefficient (Wildman–Crippen LogP) is 2.57. The zero-order valence-electron chi connectivity index (χ0n) is 9.17. The molecule has 0 aliphatic heterocycles. The van der Waals surface area contributed by atoms with Crippen molar-refractivity contribution in [2.75, 3.05) is 19.8 Å². The zero-order chi connectivity index (χ0) is 12.0. The highest BCUT2D eigenvalue weighted by Gasteiger charge is 2.15. The molecule has 0 saturated carbocycles. The first-order valence-corrected chi connectivity index (χ1v) is 5.55. The molecule has 0 aromatic heterocycles. The van der Waals surface area contributed by atoms with Crippen molar-refractivity contribution in [3.63, 3.8) is 0 Å². The molecule has 0 fully saturated rings. The largest absolute Gasteiger partial charge is 0.313 e. The maximum Gasteiger partial charge on any atom is 0.138 e. The lowest BCUT2D eigenvalue weighted by atomic mass is 9.95. The Kier molecular flexibility index (Phi) is 5.43. The number of hydrogen-bond acceptors (Lipinski definition) is 2. The average Bonchev–Trinajstić information content (AvgIpc) is 2.26. The van der Waals surface area contributed by atoms with Gasteiger partial charge in [-0.2, -0.15) is 0 Å². The van der Waals surface area contributed by atoms with Crippen LogP contribution in [0.25, 0.3) is 0 Å². The lowest BCUT2D eigenvalue weighted by Crippen LogP contribution is -2.27. The summed E-state index contributed by atoms with van der Waals surface area (Å²) in [7, 11) is 0. The van der Waals surface area contributed by atoms with E-state index in [1.54, 1.807) is 12.1 Å². The van der Waals surface area contributed by atoms with E-state index in [0.717, 1.165) is 5.56 Å². The summed E-state index contributed by atoms with van der Waals surface area (Å²) in [6, 6.07) is 7.15. The smallest absolute Gasteiger partial charge is 0.138 e. The van der Waals surface area contributed by atoms with Crippen LogP contribution in [-0.2, 0) is 4.79 Å². The van der Waals surface area contributed by atoms with Crippen molar-refractivity contribution in [3.8, 4) is 0 Å². The molecule has 0 radical (unpaired) electrons. The van der Waals surface area contributed by atoms with Crippen LogP contribution in [0.15, 0.2) is 24.3 Å². The van der Waals surface area contributed by atoms with E-state index in [-0.39, 0.29) is 18.2 Å². The van der Waals surface area contributed by atoms with Crippen LogP contribution in [0.3, 0.4) is 0 Å². The number of rotatable bonds is 6. The molecule has 1 atom stereocenters. The maximum absolute atomic E-state index is 11.9. The van der Waals surface area contributed by atoms with Gasteiger partial charge in [-0.1, -0.05) is 23.7 Å². The van der Waals surface area contributed by atoms with Crippen molar-refractivity contribution in [2.45, 2.75) is 12.8 Å². The first-order chi connectivity index (χ1) is 7.65. The van der Waals surface area contributed by atoms with Crippen LogP contribution >= 0.6 is 11.6 Å². The lowest BCUT2D eigenvalue weighted by Gasteiger charge is -2.14. The first-order valence-electron chi connectivity index (χ1n) is 5.17. The number of carbonyl (C=O) groups is 1. The number of hydrogen-bond donors (Lipinski definition) is 1. The Morgan fingerprint density at radius 3 is 2.56 bits per heavy atom. The molecule has 0 heterocycles. The second kappa shape index (κ2) is 6.61. The van der Waals surface area contributed by atoms with Gasteiger partial charge >= 0.3 is 0 Å². The van der Waals surface area contributed by atoms with E-state index in [0.29, 0.717) is 11.6 Å². The van der Waals surface area contributed by atoms with Crippen LogP contribution in [0.5, 0.6) is 0 Å². The Hall–Kier alpha value is -0.930. The molecule has 0 aliphatic rings. The Labute approximate surface area is 99.8 Å². The molecule has 4 heteroatoms. The van der Waals surface area contributed by atoms with Gasteiger partial charge in [0.1, 0.15) is 12.5 Å². The van der Waals surface area contributed by atoms with Gasteiger partial charge in [0, 0.05) is 18.1 Å². The molecule has 0 bridgehead atoms. The van der Waals surface area contributed by atoms with Gasteiger partial charge in [-0.15, -0.1) is 0 Å². The van der Waals surface area contributed by atoms with Crippen molar-refractivity contribution in [2.24, 2.45) is 0 Å². The van der Waals surface area contributed by atoms with E-state index in [1.807, 2.05) is 12.1 Å². The molecule has 0 spiro atoms. The summed E-state index contributed by atoms with van der Waals surface area (Å²) in [5.74, 6) is -0.169. The molecule has 0 aliphatic carbocycles. The van der Waals surface area contributed by atoms with Gasteiger partial charge in [0.25, 0.3) is 0 Å². The van der Waals surface area contributed by atoms with Gasteiger partial charge in [0.15, 0.2) is 0 Å². The van der Waals surface area contributed by atoms with Crippen LogP contribution in [-0.4, -0.2) is 25.5 Å². The minimum Gasteiger partial charge on any atom is -0.313 e. The summed E-state index contributed by atoms with van der Waals surface area (Å²) in [5.41, 5.74) is 0.906. The molecule has 2 nitrogen and oxygen atoms in total. The highest BCUT2D eigenvalue weighted by Crippen LogP contribution is 2.18. The molecule has 16 heavy (non-hydrogen) atoms. The van der Waals surface area contributed by atoms with Crippen molar-refractivity contribution in [3.05, 3.63) is 34.9 Å². The molecular formula is C12H15ClFNO. The summed E-state index contributed by atoms with van der Waals surface area (Å²) in [4.78, 5) is 11.5. The highest BCUT2D eigenvalue weighted by molar-refractivity contribution is 6.30. The van der Waals surface area contributed by atoms with Crippen LogP contribution in [0, 0.1) is 0 Å². The second-order valence-electron chi connectivity index (χ2n) is 3.61. The summed E-state index contributed by atoms with van der Waals surface area (Å²) >= 11 is 5.77. The average molecular weight is 244 g/mol.